The molecule has 1 atom stereocenters. The van der Waals surface area contributed by atoms with E-state index in [0.29, 0.717) is 11.2 Å². The highest BCUT2D eigenvalue weighted by Gasteiger charge is 2.38. The molecule has 0 aliphatic heterocycles. The van der Waals surface area contributed by atoms with E-state index in [1.807, 2.05) is 0 Å². The molecular formula is C10H16O2S. The molecule has 0 aromatic heterocycles. The number of carboxylic acid groups (broad SMARTS) is 1. The van der Waals surface area contributed by atoms with E-state index in [1.54, 1.807) is 11.8 Å². The first-order valence-corrected chi connectivity index (χ1v) is 6.10. The third kappa shape index (κ3) is 2.39. The molecule has 0 amide bonds. The van der Waals surface area contributed by atoms with Crippen LogP contribution in [0.25, 0.3) is 0 Å². The van der Waals surface area contributed by atoms with Crippen LogP contribution in [0.2, 0.25) is 0 Å². The van der Waals surface area contributed by atoms with Gasteiger partial charge in [-0.1, -0.05) is 12.8 Å². The van der Waals surface area contributed by atoms with Gasteiger partial charge in [0.2, 0.25) is 0 Å². The summed E-state index contributed by atoms with van der Waals surface area (Å²) in [6, 6.07) is 0. The number of carbonyl (C=O) groups is 1. The highest BCUT2D eigenvalue weighted by molar-refractivity contribution is 8.01. The molecule has 74 valence electrons. The van der Waals surface area contributed by atoms with Crippen LogP contribution in [0.4, 0.5) is 0 Å². The van der Waals surface area contributed by atoms with Crippen molar-refractivity contribution in [2.45, 2.75) is 49.0 Å². The monoisotopic (exact) mass is 200 g/mol. The van der Waals surface area contributed by atoms with Gasteiger partial charge in [0.1, 0.15) is 5.25 Å². The number of hydrogen-bond donors (Lipinski definition) is 1. The lowest BCUT2D eigenvalue weighted by atomic mass is 10.3. The van der Waals surface area contributed by atoms with Gasteiger partial charge in [0, 0.05) is 5.25 Å². The van der Waals surface area contributed by atoms with E-state index in [4.69, 9.17) is 5.11 Å². The zero-order chi connectivity index (χ0) is 9.26. The van der Waals surface area contributed by atoms with Crippen molar-refractivity contribution in [2.24, 2.45) is 5.92 Å². The van der Waals surface area contributed by atoms with Crippen molar-refractivity contribution >= 4 is 17.7 Å². The summed E-state index contributed by atoms with van der Waals surface area (Å²) in [4.78, 5) is 10.9. The molecule has 1 N–H and O–H groups in total. The van der Waals surface area contributed by atoms with Gasteiger partial charge in [0.15, 0.2) is 0 Å². The van der Waals surface area contributed by atoms with Crippen LogP contribution in [0.3, 0.4) is 0 Å². The minimum Gasteiger partial charge on any atom is -0.480 e. The van der Waals surface area contributed by atoms with Gasteiger partial charge in [-0.3, -0.25) is 4.79 Å². The Hall–Kier alpha value is -0.180. The fraction of sp³-hybridized carbons (Fsp3) is 0.900. The number of rotatable bonds is 4. The predicted octanol–water partition coefficient (Wildman–Crippen LogP) is 2.53. The topological polar surface area (TPSA) is 37.3 Å². The van der Waals surface area contributed by atoms with Crippen molar-refractivity contribution in [1.29, 1.82) is 0 Å². The molecule has 13 heavy (non-hydrogen) atoms. The van der Waals surface area contributed by atoms with Crippen LogP contribution in [-0.2, 0) is 4.79 Å². The molecule has 3 heteroatoms. The number of aliphatic carboxylic acids is 1. The Kier molecular flexibility index (Phi) is 2.82. The van der Waals surface area contributed by atoms with Crippen LogP contribution in [0, 0.1) is 5.92 Å². The summed E-state index contributed by atoms with van der Waals surface area (Å²) in [7, 11) is 0. The van der Waals surface area contributed by atoms with Crippen molar-refractivity contribution in [1.82, 2.24) is 0 Å². The molecule has 0 radical (unpaired) electrons. The standard InChI is InChI=1S/C10H16O2S/c11-10(12)9(7-5-6-7)13-8-3-1-2-4-8/h7-9H,1-6H2,(H,11,12). The van der Waals surface area contributed by atoms with Gasteiger partial charge in [-0.15, -0.1) is 11.8 Å². The molecule has 0 heterocycles. The van der Waals surface area contributed by atoms with Crippen LogP contribution in [0.5, 0.6) is 0 Å². The van der Waals surface area contributed by atoms with Crippen molar-refractivity contribution < 1.29 is 9.90 Å². The molecule has 2 aliphatic carbocycles. The van der Waals surface area contributed by atoms with Crippen LogP contribution < -0.4 is 0 Å². The van der Waals surface area contributed by atoms with Crippen LogP contribution in [-0.4, -0.2) is 21.6 Å². The molecule has 2 fully saturated rings. The lowest BCUT2D eigenvalue weighted by molar-refractivity contribution is -0.136. The third-order valence-corrected chi connectivity index (χ3v) is 4.67. The van der Waals surface area contributed by atoms with Crippen molar-refractivity contribution in [3.05, 3.63) is 0 Å². The third-order valence-electron chi connectivity index (χ3n) is 2.93. The first-order valence-electron chi connectivity index (χ1n) is 5.15. The molecular weight excluding hydrogens is 184 g/mol. The molecule has 1 unspecified atom stereocenters. The van der Waals surface area contributed by atoms with Gasteiger partial charge in [-0.2, -0.15) is 0 Å². The maximum absolute atomic E-state index is 10.9. The highest BCUT2D eigenvalue weighted by Crippen LogP contribution is 2.43. The van der Waals surface area contributed by atoms with Crippen LogP contribution in [0.1, 0.15) is 38.5 Å². The largest absolute Gasteiger partial charge is 0.480 e. The van der Waals surface area contributed by atoms with Gasteiger partial charge >= 0.3 is 5.97 Å². The van der Waals surface area contributed by atoms with Crippen molar-refractivity contribution in [2.75, 3.05) is 0 Å². The first-order chi connectivity index (χ1) is 6.27. The summed E-state index contributed by atoms with van der Waals surface area (Å²) in [6.45, 7) is 0. The Morgan fingerprint density at radius 3 is 2.31 bits per heavy atom. The second-order valence-corrected chi connectivity index (χ2v) is 5.59. The summed E-state index contributed by atoms with van der Waals surface area (Å²) in [5.41, 5.74) is 0. The quantitative estimate of drug-likeness (QED) is 0.757. The Bertz CT molecular complexity index is 195. The van der Waals surface area contributed by atoms with E-state index in [9.17, 15) is 4.79 Å². The summed E-state index contributed by atoms with van der Waals surface area (Å²) < 4.78 is 0. The van der Waals surface area contributed by atoms with Crippen molar-refractivity contribution in [3.63, 3.8) is 0 Å². The maximum Gasteiger partial charge on any atom is 0.316 e. The number of thioether (sulfide) groups is 1. The molecule has 2 nitrogen and oxygen atoms in total. The molecule has 0 bridgehead atoms. The zero-order valence-electron chi connectivity index (χ0n) is 7.74. The van der Waals surface area contributed by atoms with Gasteiger partial charge in [-0.05, 0) is 31.6 Å². The zero-order valence-corrected chi connectivity index (χ0v) is 8.55. The highest BCUT2D eigenvalue weighted by atomic mass is 32.2. The average molecular weight is 200 g/mol. The molecule has 0 spiro atoms. The SMILES string of the molecule is O=C(O)C(SC1CCCC1)C1CC1. The van der Waals surface area contributed by atoms with Gasteiger partial charge in [0.05, 0.1) is 0 Å². The average Bonchev–Trinajstić information content (AvgIpc) is 2.79. The van der Waals surface area contributed by atoms with Crippen LogP contribution in [0.15, 0.2) is 0 Å². The number of hydrogen-bond acceptors (Lipinski definition) is 2. The molecule has 2 rings (SSSR count). The van der Waals surface area contributed by atoms with E-state index in [-0.39, 0.29) is 5.25 Å². The smallest absolute Gasteiger partial charge is 0.316 e. The van der Waals surface area contributed by atoms with Crippen LogP contribution >= 0.6 is 11.8 Å². The molecule has 0 saturated heterocycles. The minimum absolute atomic E-state index is 0.0944. The Labute approximate surface area is 83.1 Å². The minimum atomic E-state index is -0.584. The fourth-order valence-corrected chi connectivity index (χ4v) is 3.63. The molecule has 2 saturated carbocycles. The van der Waals surface area contributed by atoms with Gasteiger partial charge < -0.3 is 5.11 Å². The van der Waals surface area contributed by atoms with E-state index in [1.165, 1.54) is 25.7 Å². The summed E-state index contributed by atoms with van der Waals surface area (Å²) in [5.74, 6) is -0.0949. The lowest BCUT2D eigenvalue weighted by Gasteiger charge is -2.15. The Balaban J connectivity index is 1.84. The van der Waals surface area contributed by atoms with E-state index in [0.717, 1.165) is 12.8 Å². The maximum atomic E-state index is 10.9. The summed E-state index contributed by atoms with van der Waals surface area (Å²) in [5, 5.41) is 9.57. The summed E-state index contributed by atoms with van der Waals surface area (Å²) >= 11 is 1.73. The Morgan fingerprint density at radius 2 is 1.85 bits per heavy atom. The second kappa shape index (κ2) is 3.91. The van der Waals surface area contributed by atoms with Crippen molar-refractivity contribution in [3.8, 4) is 0 Å². The summed E-state index contributed by atoms with van der Waals surface area (Å²) in [6.07, 6.45) is 7.35. The number of carboxylic acids is 1. The fourth-order valence-electron chi connectivity index (χ4n) is 2.00. The normalized spacial score (nSPS) is 26.2. The molecule has 0 aromatic carbocycles. The molecule has 2 aliphatic rings. The Morgan fingerprint density at radius 1 is 1.23 bits per heavy atom. The lowest BCUT2D eigenvalue weighted by Crippen LogP contribution is -2.21. The van der Waals surface area contributed by atoms with E-state index < -0.39 is 5.97 Å². The first kappa shape index (κ1) is 9.38. The second-order valence-electron chi connectivity index (χ2n) is 4.14. The van der Waals surface area contributed by atoms with Gasteiger partial charge in [-0.25, -0.2) is 0 Å². The predicted molar refractivity (Wildman–Crippen MR) is 54.0 cm³/mol. The molecule has 0 aromatic rings. The van der Waals surface area contributed by atoms with Gasteiger partial charge in [0.25, 0.3) is 0 Å². The van der Waals surface area contributed by atoms with E-state index in [2.05, 4.69) is 0 Å². The van der Waals surface area contributed by atoms with E-state index >= 15 is 0 Å².